The molecule has 0 saturated heterocycles. The molecule has 26 heavy (non-hydrogen) atoms. The summed E-state index contributed by atoms with van der Waals surface area (Å²) in [5.74, 6) is -0.551. The smallest absolute Gasteiger partial charge is 0.335 e. The number of methoxy groups -OCH3 is 1. The van der Waals surface area contributed by atoms with Crippen molar-refractivity contribution in [3.8, 4) is 5.75 Å². The van der Waals surface area contributed by atoms with Crippen molar-refractivity contribution < 1.29 is 19.0 Å². The largest absolute Gasteiger partial charge is 0.494 e. The molecule has 1 aliphatic carbocycles. The molecule has 0 heterocycles. The zero-order valence-corrected chi connectivity index (χ0v) is 15.0. The van der Waals surface area contributed by atoms with E-state index in [9.17, 15) is 9.18 Å². The summed E-state index contributed by atoms with van der Waals surface area (Å²) in [4.78, 5) is 11.0. The Morgan fingerprint density at radius 1 is 1.23 bits per heavy atom. The number of carbonyl (C=O) groups is 1. The Hall–Kier alpha value is -2.40. The molecular formula is C21H24FNO3. The second-order valence-corrected chi connectivity index (χ2v) is 6.92. The van der Waals surface area contributed by atoms with E-state index < -0.39 is 5.97 Å². The minimum absolute atomic E-state index is 0.0997. The van der Waals surface area contributed by atoms with Gasteiger partial charge in [0.2, 0.25) is 0 Å². The van der Waals surface area contributed by atoms with Gasteiger partial charge in [0, 0.05) is 12.1 Å². The summed E-state index contributed by atoms with van der Waals surface area (Å²) in [6.45, 7) is 2.07. The van der Waals surface area contributed by atoms with Gasteiger partial charge in [0.15, 0.2) is 11.6 Å². The van der Waals surface area contributed by atoms with Gasteiger partial charge in [0.05, 0.1) is 12.7 Å². The van der Waals surface area contributed by atoms with Crippen molar-refractivity contribution in [1.82, 2.24) is 5.32 Å². The number of aromatic carboxylic acids is 1. The van der Waals surface area contributed by atoms with Crippen molar-refractivity contribution in [3.63, 3.8) is 0 Å². The highest BCUT2D eigenvalue weighted by Crippen LogP contribution is 2.35. The number of carboxylic acid groups (broad SMARTS) is 1. The van der Waals surface area contributed by atoms with E-state index >= 15 is 0 Å². The first-order chi connectivity index (χ1) is 12.5. The highest BCUT2D eigenvalue weighted by Gasteiger charge is 2.27. The molecule has 138 valence electrons. The zero-order chi connectivity index (χ0) is 18.7. The van der Waals surface area contributed by atoms with Crippen molar-refractivity contribution in [2.45, 2.75) is 44.2 Å². The fourth-order valence-corrected chi connectivity index (χ4v) is 3.73. The molecule has 1 saturated carbocycles. The molecule has 3 unspecified atom stereocenters. The van der Waals surface area contributed by atoms with E-state index in [2.05, 4.69) is 12.2 Å². The number of hydrogen-bond acceptors (Lipinski definition) is 3. The summed E-state index contributed by atoms with van der Waals surface area (Å²) in [7, 11) is 1.47. The van der Waals surface area contributed by atoms with Crippen LogP contribution >= 0.6 is 0 Å². The van der Waals surface area contributed by atoms with E-state index in [1.54, 1.807) is 24.3 Å². The Labute approximate surface area is 153 Å². The van der Waals surface area contributed by atoms with Crippen LogP contribution in [-0.4, -0.2) is 24.2 Å². The normalized spacial score (nSPS) is 20.7. The van der Waals surface area contributed by atoms with E-state index in [1.165, 1.54) is 18.7 Å². The van der Waals surface area contributed by atoms with Gasteiger partial charge >= 0.3 is 5.97 Å². The number of hydrogen-bond donors (Lipinski definition) is 2. The first-order valence-electron chi connectivity index (χ1n) is 8.90. The standard InChI is InChI=1S/C21H24FNO3/c1-13(16-8-10-19(22)20(12-16)26-2)23-18-9-7-17(11-18)14-3-5-15(6-4-14)21(24)25/h3-6,8,10,12-13,17-18,23H,7,9,11H2,1-2H3,(H,24,25). The first kappa shape index (κ1) is 18.4. The minimum Gasteiger partial charge on any atom is -0.494 e. The predicted octanol–water partition coefficient (Wildman–Crippen LogP) is 4.52. The molecule has 2 aromatic rings. The summed E-state index contributed by atoms with van der Waals surface area (Å²) in [6, 6.07) is 12.6. The van der Waals surface area contributed by atoms with Gasteiger partial charge in [0.25, 0.3) is 0 Å². The third-order valence-electron chi connectivity index (χ3n) is 5.22. The number of carboxylic acids is 1. The third-order valence-corrected chi connectivity index (χ3v) is 5.22. The van der Waals surface area contributed by atoms with Crippen molar-refractivity contribution in [3.05, 3.63) is 65.0 Å². The van der Waals surface area contributed by atoms with Crippen molar-refractivity contribution in [2.24, 2.45) is 0 Å². The molecule has 0 aromatic heterocycles. The minimum atomic E-state index is -0.897. The van der Waals surface area contributed by atoms with Crippen LogP contribution in [0.2, 0.25) is 0 Å². The SMILES string of the molecule is COc1cc(C(C)NC2CCC(c3ccc(C(=O)O)cc3)C2)ccc1F. The lowest BCUT2D eigenvalue weighted by Crippen LogP contribution is -2.29. The molecule has 4 nitrogen and oxygen atoms in total. The molecule has 2 aromatic carbocycles. The van der Waals surface area contributed by atoms with Gasteiger partial charge in [-0.25, -0.2) is 9.18 Å². The van der Waals surface area contributed by atoms with Crippen LogP contribution in [0.5, 0.6) is 5.75 Å². The summed E-state index contributed by atoms with van der Waals surface area (Å²) in [6.07, 6.45) is 3.15. The maximum Gasteiger partial charge on any atom is 0.335 e. The zero-order valence-electron chi connectivity index (χ0n) is 15.0. The summed E-state index contributed by atoms with van der Waals surface area (Å²) >= 11 is 0. The molecule has 0 amide bonds. The van der Waals surface area contributed by atoms with Gasteiger partial charge in [-0.2, -0.15) is 0 Å². The van der Waals surface area contributed by atoms with Gasteiger partial charge < -0.3 is 15.2 Å². The maximum absolute atomic E-state index is 13.6. The number of nitrogens with one attached hydrogen (secondary N) is 1. The van der Waals surface area contributed by atoms with Crippen molar-refractivity contribution >= 4 is 5.97 Å². The quantitative estimate of drug-likeness (QED) is 0.798. The van der Waals surface area contributed by atoms with Crippen molar-refractivity contribution in [1.29, 1.82) is 0 Å². The summed E-state index contributed by atoms with van der Waals surface area (Å²) in [5, 5.41) is 12.6. The average Bonchev–Trinajstić information content (AvgIpc) is 3.10. The Morgan fingerprint density at radius 2 is 1.96 bits per heavy atom. The molecule has 0 bridgehead atoms. The molecule has 0 radical (unpaired) electrons. The number of ether oxygens (including phenoxy) is 1. The van der Waals surface area contributed by atoms with Gasteiger partial charge in [-0.3, -0.25) is 0 Å². The van der Waals surface area contributed by atoms with Crippen LogP contribution in [0.1, 0.15) is 59.6 Å². The van der Waals surface area contributed by atoms with Crippen LogP contribution < -0.4 is 10.1 Å². The second-order valence-electron chi connectivity index (χ2n) is 6.92. The molecule has 2 N–H and O–H groups in total. The highest BCUT2D eigenvalue weighted by atomic mass is 19.1. The Kier molecular flexibility index (Phi) is 5.57. The van der Waals surface area contributed by atoms with Crippen LogP contribution in [0.4, 0.5) is 4.39 Å². The molecule has 5 heteroatoms. The lowest BCUT2D eigenvalue weighted by atomic mass is 9.96. The summed E-state index contributed by atoms with van der Waals surface area (Å²) in [5.41, 5.74) is 2.51. The van der Waals surface area contributed by atoms with Crippen molar-refractivity contribution in [2.75, 3.05) is 7.11 Å². The van der Waals surface area contributed by atoms with Crippen LogP contribution in [0.25, 0.3) is 0 Å². The van der Waals surface area contributed by atoms with Crippen LogP contribution in [-0.2, 0) is 0 Å². The molecular weight excluding hydrogens is 333 g/mol. The summed E-state index contributed by atoms with van der Waals surface area (Å²) < 4.78 is 18.6. The van der Waals surface area contributed by atoms with E-state index in [0.717, 1.165) is 24.8 Å². The highest BCUT2D eigenvalue weighted by molar-refractivity contribution is 5.87. The Bertz CT molecular complexity index is 775. The molecule has 1 aliphatic rings. The van der Waals surface area contributed by atoms with E-state index in [4.69, 9.17) is 9.84 Å². The molecule has 0 spiro atoms. The molecule has 1 fully saturated rings. The van der Waals surface area contributed by atoms with Gasteiger partial charge in [-0.15, -0.1) is 0 Å². The van der Waals surface area contributed by atoms with Gasteiger partial charge in [-0.1, -0.05) is 18.2 Å². The molecule has 3 rings (SSSR count). The van der Waals surface area contributed by atoms with E-state index in [-0.39, 0.29) is 17.6 Å². The number of rotatable bonds is 6. The fraction of sp³-hybridized carbons (Fsp3) is 0.381. The lowest BCUT2D eigenvalue weighted by molar-refractivity contribution is 0.0697. The fourth-order valence-electron chi connectivity index (χ4n) is 3.73. The number of halogens is 1. The number of benzene rings is 2. The van der Waals surface area contributed by atoms with Crippen LogP contribution in [0.3, 0.4) is 0 Å². The van der Waals surface area contributed by atoms with Crippen LogP contribution in [0, 0.1) is 5.82 Å². The third kappa shape index (κ3) is 4.05. The van der Waals surface area contributed by atoms with E-state index in [1.807, 2.05) is 12.1 Å². The Morgan fingerprint density at radius 3 is 2.62 bits per heavy atom. The first-order valence-corrected chi connectivity index (χ1v) is 8.90. The van der Waals surface area contributed by atoms with E-state index in [0.29, 0.717) is 17.5 Å². The van der Waals surface area contributed by atoms with Gasteiger partial charge in [0.1, 0.15) is 0 Å². The molecule has 0 aliphatic heterocycles. The second kappa shape index (κ2) is 7.87. The average molecular weight is 357 g/mol. The lowest BCUT2D eigenvalue weighted by Gasteiger charge is -2.21. The Balaban J connectivity index is 1.61. The van der Waals surface area contributed by atoms with Gasteiger partial charge in [-0.05, 0) is 67.5 Å². The monoisotopic (exact) mass is 357 g/mol. The predicted molar refractivity (Wildman–Crippen MR) is 98.3 cm³/mol. The topological polar surface area (TPSA) is 58.6 Å². The maximum atomic E-state index is 13.6. The molecule has 3 atom stereocenters. The van der Waals surface area contributed by atoms with Crippen LogP contribution in [0.15, 0.2) is 42.5 Å².